The highest BCUT2D eigenvalue weighted by molar-refractivity contribution is 5.87. The van der Waals surface area contributed by atoms with Gasteiger partial charge in [-0.1, -0.05) is 6.58 Å². The van der Waals surface area contributed by atoms with Crippen molar-refractivity contribution in [1.29, 1.82) is 5.26 Å². The third-order valence-electron chi connectivity index (χ3n) is 4.11. The van der Waals surface area contributed by atoms with E-state index in [4.69, 9.17) is 5.26 Å². The summed E-state index contributed by atoms with van der Waals surface area (Å²) in [6.45, 7) is 5.01. The Morgan fingerprint density at radius 1 is 1.40 bits per heavy atom. The van der Waals surface area contributed by atoms with Gasteiger partial charge in [-0.2, -0.15) is 5.26 Å². The summed E-state index contributed by atoms with van der Waals surface area (Å²) in [5.74, 6) is 0.913. The zero-order chi connectivity index (χ0) is 14.1. The second-order valence-corrected chi connectivity index (χ2v) is 5.26. The Kier molecular flexibility index (Phi) is 3.15. The summed E-state index contributed by atoms with van der Waals surface area (Å²) in [5.41, 5.74) is 0.571. The Bertz CT molecular complexity index is 561. The van der Waals surface area contributed by atoms with Crippen LogP contribution in [0.25, 0.3) is 0 Å². The van der Waals surface area contributed by atoms with Crippen molar-refractivity contribution >= 4 is 11.7 Å². The first-order valence-electron chi connectivity index (χ1n) is 6.78. The van der Waals surface area contributed by atoms with Crippen LogP contribution < -0.4 is 4.90 Å². The van der Waals surface area contributed by atoms with Crippen LogP contribution in [0.3, 0.4) is 0 Å². The predicted octanol–water partition coefficient (Wildman–Crippen LogP) is 1.32. The van der Waals surface area contributed by atoms with Crippen LogP contribution in [0.15, 0.2) is 31.0 Å². The van der Waals surface area contributed by atoms with Crippen molar-refractivity contribution < 1.29 is 4.79 Å². The van der Waals surface area contributed by atoms with Crippen LogP contribution in [0, 0.1) is 11.3 Å². The molecule has 20 heavy (non-hydrogen) atoms. The van der Waals surface area contributed by atoms with Gasteiger partial charge in [0.15, 0.2) is 0 Å². The molecule has 1 amide bonds. The molecule has 0 spiro atoms. The van der Waals surface area contributed by atoms with E-state index in [0.717, 1.165) is 31.7 Å². The molecule has 2 fully saturated rings. The van der Waals surface area contributed by atoms with Crippen molar-refractivity contribution in [3.63, 3.8) is 0 Å². The molecule has 2 saturated heterocycles. The number of aromatic nitrogens is 1. The van der Waals surface area contributed by atoms with Crippen LogP contribution in [0.4, 0.5) is 5.82 Å². The van der Waals surface area contributed by atoms with Crippen LogP contribution in [0.2, 0.25) is 0 Å². The maximum Gasteiger partial charge on any atom is 0.246 e. The molecule has 2 atom stereocenters. The Morgan fingerprint density at radius 2 is 2.10 bits per heavy atom. The number of fused-ring (bicyclic) bond motifs is 2. The minimum Gasteiger partial charge on any atom is -0.347 e. The molecule has 3 rings (SSSR count). The molecule has 0 N–H and O–H groups in total. The maximum absolute atomic E-state index is 11.8. The number of piperazine rings is 1. The first-order chi connectivity index (χ1) is 9.72. The largest absolute Gasteiger partial charge is 0.347 e. The number of pyridine rings is 1. The number of carbonyl (C=O) groups is 1. The van der Waals surface area contributed by atoms with Crippen molar-refractivity contribution in [2.45, 2.75) is 24.9 Å². The van der Waals surface area contributed by atoms with Gasteiger partial charge in [-0.05, 0) is 31.1 Å². The fourth-order valence-corrected chi connectivity index (χ4v) is 3.19. The van der Waals surface area contributed by atoms with E-state index in [0.29, 0.717) is 17.6 Å². The summed E-state index contributed by atoms with van der Waals surface area (Å²) in [6.07, 6.45) is 5.14. The fourth-order valence-electron chi connectivity index (χ4n) is 3.19. The van der Waals surface area contributed by atoms with Gasteiger partial charge < -0.3 is 9.80 Å². The van der Waals surface area contributed by atoms with Gasteiger partial charge >= 0.3 is 0 Å². The molecule has 5 nitrogen and oxygen atoms in total. The molecule has 2 bridgehead atoms. The Labute approximate surface area is 118 Å². The van der Waals surface area contributed by atoms with Gasteiger partial charge in [0.1, 0.15) is 11.9 Å². The molecule has 0 radical (unpaired) electrons. The van der Waals surface area contributed by atoms with Gasteiger partial charge in [0.05, 0.1) is 5.56 Å². The van der Waals surface area contributed by atoms with Crippen molar-refractivity contribution in [3.05, 3.63) is 36.5 Å². The highest BCUT2D eigenvalue weighted by Gasteiger charge is 2.41. The Morgan fingerprint density at radius 3 is 2.60 bits per heavy atom. The van der Waals surface area contributed by atoms with Crippen LogP contribution in [0.5, 0.6) is 0 Å². The highest BCUT2D eigenvalue weighted by Crippen LogP contribution is 2.33. The van der Waals surface area contributed by atoms with Crippen LogP contribution in [-0.4, -0.2) is 41.0 Å². The van der Waals surface area contributed by atoms with Crippen LogP contribution >= 0.6 is 0 Å². The quantitative estimate of drug-likeness (QED) is 0.759. The number of hydrogen-bond acceptors (Lipinski definition) is 4. The molecule has 2 aliphatic rings. The zero-order valence-corrected chi connectivity index (χ0v) is 11.2. The van der Waals surface area contributed by atoms with Crippen molar-refractivity contribution in [2.75, 3.05) is 18.0 Å². The molecule has 102 valence electrons. The first kappa shape index (κ1) is 12.7. The number of hydrogen-bond donors (Lipinski definition) is 0. The van der Waals surface area contributed by atoms with Gasteiger partial charge in [0.25, 0.3) is 0 Å². The maximum atomic E-state index is 11.8. The molecule has 1 aromatic rings. The number of rotatable bonds is 2. The SMILES string of the molecule is C=CC(=O)N1CC2CC[C@@H](C1)N2c1ccc(C#N)cn1. The van der Waals surface area contributed by atoms with E-state index in [2.05, 4.69) is 22.5 Å². The standard InChI is InChI=1S/C15H16N4O/c1-2-15(20)18-9-12-4-5-13(10-18)19(12)14-6-3-11(7-16)8-17-14/h2-3,6,8,12-13H,1,4-5,9-10H2/t12-,13?/m0/s1. The molecule has 0 saturated carbocycles. The van der Waals surface area contributed by atoms with E-state index in [1.807, 2.05) is 11.0 Å². The van der Waals surface area contributed by atoms with Crippen LogP contribution in [0.1, 0.15) is 18.4 Å². The normalized spacial score (nSPS) is 24.4. The van der Waals surface area contributed by atoms with Crippen molar-refractivity contribution in [3.8, 4) is 6.07 Å². The molecular formula is C15H16N4O. The molecule has 1 aromatic heterocycles. The summed E-state index contributed by atoms with van der Waals surface area (Å²) in [7, 11) is 0. The summed E-state index contributed by atoms with van der Waals surface area (Å²) < 4.78 is 0. The first-order valence-corrected chi connectivity index (χ1v) is 6.78. The van der Waals surface area contributed by atoms with Gasteiger partial charge in [0, 0.05) is 31.4 Å². The Balaban J connectivity index is 1.81. The van der Waals surface area contributed by atoms with E-state index in [1.54, 1.807) is 12.3 Å². The average molecular weight is 268 g/mol. The lowest BCUT2D eigenvalue weighted by Crippen LogP contribution is -2.55. The van der Waals surface area contributed by atoms with Gasteiger partial charge in [-0.15, -0.1) is 0 Å². The topological polar surface area (TPSA) is 60.2 Å². The minimum atomic E-state index is 0.00865. The summed E-state index contributed by atoms with van der Waals surface area (Å²) in [5, 5.41) is 8.82. The highest BCUT2D eigenvalue weighted by atomic mass is 16.2. The van der Waals surface area contributed by atoms with Crippen molar-refractivity contribution in [1.82, 2.24) is 9.88 Å². The lowest BCUT2D eigenvalue weighted by molar-refractivity contribution is -0.126. The lowest BCUT2D eigenvalue weighted by atomic mass is 10.1. The number of amides is 1. The zero-order valence-electron chi connectivity index (χ0n) is 11.2. The monoisotopic (exact) mass is 268 g/mol. The second-order valence-electron chi connectivity index (χ2n) is 5.26. The van der Waals surface area contributed by atoms with Gasteiger partial charge in [-0.25, -0.2) is 4.98 Å². The minimum absolute atomic E-state index is 0.00865. The van der Waals surface area contributed by atoms with E-state index in [9.17, 15) is 4.79 Å². The average Bonchev–Trinajstić information content (AvgIpc) is 2.76. The molecule has 5 heteroatoms. The Hall–Kier alpha value is -2.35. The third kappa shape index (κ3) is 2.03. The lowest BCUT2D eigenvalue weighted by Gasteiger charge is -2.41. The number of nitrogens with zero attached hydrogens (tertiary/aromatic N) is 4. The third-order valence-corrected chi connectivity index (χ3v) is 4.11. The second kappa shape index (κ2) is 4.97. The van der Waals surface area contributed by atoms with Crippen LogP contribution in [-0.2, 0) is 4.79 Å². The molecule has 0 aromatic carbocycles. The van der Waals surface area contributed by atoms with E-state index in [-0.39, 0.29) is 5.91 Å². The smallest absolute Gasteiger partial charge is 0.246 e. The van der Waals surface area contributed by atoms with Gasteiger partial charge in [-0.3, -0.25) is 4.79 Å². The fraction of sp³-hybridized carbons (Fsp3) is 0.400. The predicted molar refractivity (Wildman–Crippen MR) is 75.0 cm³/mol. The number of likely N-dealkylation sites (tertiary alicyclic amines) is 1. The van der Waals surface area contributed by atoms with Crippen molar-refractivity contribution in [2.24, 2.45) is 0 Å². The summed E-state index contributed by atoms with van der Waals surface area (Å²) >= 11 is 0. The molecule has 3 heterocycles. The summed E-state index contributed by atoms with van der Waals surface area (Å²) in [4.78, 5) is 20.3. The molecule has 1 unspecified atom stereocenters. The summed E-state index contributed by atoms with van der Waals surface area (Å²) in [6, 6.07) is 6.41. The number of carbonyl (C=O) groups excluding carboxylic acids is 1. The van der Waals surface area contributed by atoms with Gasteiger partial charge in [0.2, 0.25) is 5.91 Å². The van der Waals surface area contributed by atoms with E-state index in [1.165, 1.54) is 6.08 Å². The molecular weight excluding hydrogens is 252 g/mol. The van der Waals surface area contributed by atoms with E-state index < -0.39 is 0 Å². The molecule has 2 aliphatic heterocycles. The van der Waals surface area contributed by atoms with E-state index >= 15 is 0 Å². The number of anilines is 1. The number of nitriles is 1. The molecule has 0 aliphatic carbocycles.